The van der Waals surface area contributed by atoms with E-state index in [1.54, 1.807) is 12.1 Å². The first-order valence-corrected chi connectivity index (χ1v) is 9.79. The van der Waals surface area contributed by atoms with E-state index in [0.29, 0.717) is 22.6 Å². The molecule has 1 N–H and O–H groups in total. The molecule has 0 radical (unpaired) electrons. The summed E-state index contributed by atoms with van der Waals surface area (Å²) in [5.41, 5.74) is 5.39. The topological polar surface area (TPSA) is 142 Å². The van der Waals surface area contributed by atoms with Crippen molar-refractivity contribution in [3.05, 3.63) is 91.3 Å². The van der Waals surface area contributed by atoms with Crippen LogP contribution in [0.2, 0.25) is 0 Å². The van der Waals surface area contributed by atoms with Gasteiger partial charge in [0.2, 0.25) is 5.91 Å². The molecule has 1 amide bonds. The van der Waals surface area contributed by atoms with E-state index in [-0.39, 0.29) is 17.8 Å². The number of nitrogens with zero attached hydrogens (tertiary/aromatic N) is 4. The third-order valence-electron chi connectivity index (χ3n) is 5.02. The molecule has 3 rings (SSSR count). The van der Waals surface area contributed by atoms with Crippen LogP contribution in [-0.2, 0) is 11.2 Å². The van der Waals surface area contributed by atoms with E-state index >= 15 is 0 Å². The van der Waals surface area contributed by atoms with Crippen molar-refractivity contribution in [1.29, 1.82) is 0 Å². The largest absolute Gasteiger partial charge is 0.494 e. The fraction of sp³-hybridized carbons (Fsp3) is 0.182. The van der Waals surface area contributed by atoms with Gasteiger partial charge in [-0.1, -0.05) is 18.2 Å². The number of benzene rings is 2. The Hall–Kier alpha value is -4.54. The summed E-state index contributed by atoms with van der Waals surface area (Å²) in [5, 5.41) is 26.1. The maximum absolute atomic E-state index is 12.2. The lowest BCUT2D eigenvalue weighted by Crippen LogP contribution is -2.20. The van der Waals surface area contributed by atoms with Gasteiger partial charge in [0.25, 0.3) is 11.4 Å². The molecule has 11 heteroatoms. The molecule has 0 saturated heterocycles. The standard InChI is InChI=1S/C22H21N5O6/c1-14-10-17(13-23-24-22(28)11-16-6-4-5-7-19(16)27(31)32)15(2)25(14)20-9-8-18(26(29)30)12-21(20)33-3/h4-10,12-13H,11H2,1-3H3,(H,24,28). The average molecular weight is 451 g/mol. The number of amides is 1. The zero-order valence-corrected chi connectivity index (χ0v) is 18.1. The van der Waals surface area contributed by atoms with Crippen LogP contribution in [-0.4, -0.2) is 33.6 Å². The first-order valence-electron chi connectivity index (χ1n) is 9.79. The highest BCUT2D eigenvalue weighted by Gasteiger charge is 2.18. The van der Waals surface area contributed by atoms with Gasteiger partial charge in [0.1, 0.15) is 5.75 Å². The van der Waals surface area contributed by atoms with Crippen molar-refractivity contribution in [1.82, 2.24) is 9.99 Å². The molecule has 0 unspecified atom stereocenters. The smallest absolute Gasteiger partial charge is 0.273 e. The summed E-state index contributed by atoms with van der Waals surface area (Å²) in [7, 11) is 1.44. The van der Waals surface area contributed by atoms with Gasteiger partial charge in [0, 0.05) is 34.6 Å². The number of nitrogens with one attached hydrogen (secondary N) is 1. The molecule has 0 aliphatic heterocycles. The Labute approximate surface area is 188 Å². The Morgan fingerprint density at radius 2 is 1.85 bits per heavy atom. The van der Waals surface area contributed by atoms with Crippen LogP contribution < -0.4 is 10.2 Å². The number of aromatic nitrogens is 1. The van der Waals surface area contributed by atoms with E-state index < -0.39 is 15.8 Å². The molecule has 11 nitrogen and oxygen atoms in total. The predicted octanol–water partition coefficient (Wildman–Crippen LogP) is 3.61. The minimum absolute atomic E-state index is 0.0822. The lowest BCUT2D eigenvalue weighted by atomic mass is 10.1. The van der Waals surface area contributed by atoms with Crippen LogP contribution in [0.3, 0.4) is 0 Å². The van der Waals surface area contributed by atoms with Gasteiger partial charge in [-0.15, -0.1) is 0 Å². The molecule has 0 fully saturated rings. The molecule has 0 atom stereocenters. The van der Waals surface area contributed by atoms with Crippen molar-refractivity contribution < 1.29 is 19.4 Å². The zero-order valence-electron chi connectivity index (χ0n) is 18.1. The van der Waals surface area contributed by atoms with Crippen molar-refractivity contribution in [3.8, 4) is 11.4 Å². The average Bonchev–Trinajstić information content (AvgIpc) is 3.06. The molecule has 0 bridgehead atoms. The number of para-hydroxylation sites is 1. The summed E-state index contributed by atoms with van der Waals surface area (Å²) in [4.78, 5) is 33.3. The van der Waals surface area contributed by atoms with Crippen molar-refractivity contribution in [2.24, 2.45) is 5.10 Å². The number of hydrazone groups is 1. The fourth-order valence-electron chi connectivity index (χ4n) is 3.48. The van der Waals surface area contributed by atoms with Gasteiger partial charge in [-0.2, -0.15) is 5.10 Å². The van der Waals surface area contributed by atoms with Crippen LogP contribution >= 0.6 is 0 Å². The monoisotopic (exact) mass is 451 g/mol. The summed E-state index contributed by atoms with van der Waals surface area (Å²) in [6, 6.07) is 12.2. The Morgan fingerprint density at radius 3 is 2.52 bits per heavy atom. The van der Waals surface area contributed by atoms with Gasteiger partial charge in [-0.25, -0.2) is 5.43 Å². The van der Waals surface area contributed by atoms with E-state index in [1.165, 1.54) is 43.7 Å². The highest BCUT2D eigenvalue weighted by Crippen LogP contribution is 2.31. The van der Waals surface area contributed by atoms with Crippen molar-refractivity contribution in [3.63, 3.8) is 0 Å². The van der Waals surface area contributed by atoms with E-state index in [4.69, 9.17) is 4.74 Å². The van der Waals surface area contributed by atoms with E-state index in [0.717, 1.165) is 11.4 Å². The van der Waals surface area contributed by atoms with E-state index in [9.17, 15) is 25.0 Å². The molecule has 1 aromatic heterocycles. The molecule has 2 aromatic carbocycles. The molecule has 33 heavy (non-hydrogen) atoms. The third kappa shape index (κ3) is 5.03. The summed E-state index contributed by atoms with van der Waals surface area (Å²) >= 11 is 0. The van der Waals surface area contributed by atoms with Crippen molar-refractivity contribution in [2.45, 2.75) is 20.3 Å². The number of nitro groups is 2. The molecule has 170 valence electrons. The number of hydrogen-bond acceptors (Lipinski definition) is 7. The molecule has 0 saturated carbocycles. The second-order valence-corrected chi connectivity index (χ2v) is 7.13. The van der Waals surface area contributed by atoms with E-state index in [1.807, 2.05) is 24.5 Å². The van der Waals surface area contributed by atoms with Gasteiger partial charge in [0.15, 0.2) is 0 Å². The Kier molecular flexibility index (Phi) is 6.82. The number of carbonyl (C=O) groups excluding carboxylic acids is 1. The van der Waals surface area contributed by atoms with Crippen LogP contribution in [0.25, 0.3) is 5.69 Å². The first-order chi connectivity index (χ1) is 15.7. The number of methoxy groups -OCH3 is 1. The van der Waals surface area contributed by atoms with Crippen LogP contribution in [0.1, 0.15) is 22.5 Å². The van der Waals surface area contributed by atoms with Crippen LogP contribution in [0.4, 0.5) is 11.4 Å². The number of aryl methyl sites for hydroxylation is 1. The zero-order chi connectivity index (χ0) is 24.1. The van der Waals surface area contributed by atoms with Gasteiger partial charge in [0.05, 0.1) is 41.3 Å². The van der Waals surface area contributed by atoms with Gasteiger partial charge < -0.3 is 9.30 Å². The summed E-state index contributed by atoms with van der Waals surface area (Å²) < 4.78 is 7.20. The third-order valence-corrected chi connectivity index (χ3v) is 5.02. The van der Waals surface area contributed by atoms with Gasteiger partial charge >= 0.3 is 0 Å². The van der Waals surface area contributed by atoms with Gasteiger partial charge in [-0.3, -0.25) is 25.0 Å². The molecule has 0 aliphatic rings. The summed E-state index contributed by atoms with van der Waals surface area (Å²) in [5.74, 6) is -0.154. The van der Waals surface area contributed by atoms with Crippen molar-refractivity contribution in [2.75, 3.05) is 7.11 Å². The Balaban J connectivity index is 1.79. The SMILES string of the molecule is COc1cc([N+](=O)[O-])ccc1-n1c(C)cc(C=NNC(=O)Cc2ccccc2[N+](=O)[O-])c1C. The van der Waals surface area contributed by atoms with Crippen LogP contribution in [0.5, 0.6) is 5.75 Å². The second kappa shape index (κ2) is 9.73. The molecule has 0 aliphatic carbocycles. The molecule has 3 aromatic rings. The highest BCUT2D eigenvalue weighted by atomic mass is 16.6. The van der Waals surface area contributed by atoms with Crippen LogP contribution in [0, 0.1) is 34.1 Å². The number of rotatable bonds is 8. The summed E-state index contributed by atoms with van der Waals surface area (Å²) in [6.07, 6.45) is 1.28. The molecular formula is C22H21N5O6. The number of hydrogen-bond donors (Lipinski definition) is 1. The fourth-order valence-corrected chi connectivity index (χ4v) is 3.48. The molecular weight excluding hydrogens is 430 g/mol. The maximum atomic E-state index is 12.2. The first kappa shape index (κ1) is 23.1. The number of ether oxygens (including phenoxy) is 1. The quantitative estimate of drug-likeness (QED) is 0.315. The molecule has 0 spiro atoms. The summed E-state index contributed by atoms with van der Waals surface area (Å²) in [6.45, 7) is 3.70. The lowest BCUT2D eigenvalue weighted by molar-refractivity contribution is -0.385. The van der Waals surface area contributed by atoms with Crippen LogP contribution in [0.15, 0.2) is 53.6 Å². The normalized spacial score (nSPS) is 10.9. The van der Waals surface area contributed by atoms with E-state index in [2.05, 4.69) is 10.5 Å². The Bertz CT molecular complexity index is 1260. The number of nitro benzene ring substituents is 2. The highest BCUT2D eigenvalue weighted by molar-refractivity contribution is 5.85. The number of non-ortho nitro benzene ring substituents is 1. The van der Waals surface area contributed by atoms with Gasteiger partial charge in [-0.05, 0) is 26.0 Å². The Morgan fingerprint density at radius 1 is 1.12 bits per heavy atom. The maximum Gasteiger partial charge on any atom is 0.273 e. The van der Waals surface area contributed by atoms with Crippen molar-refractivity contribution >= 4 is 23.5 Å². The minimum atomic E-state index is -0.535. The minimum Gasteiger partial charge on any atom is -0.494 e. The lowest BCUT2D eigenvalue weighted by Gasteiger charge is -2.13. The number of carbonyl (C=O) groups is 1. The predicted molar refractivity (Wildman–Crippen MR) is 121 cm³/mol. The second-order valence-electron chi connectivity index (χ2n) is 7.13. The molecule has 1 heterocycles.